The average molecular weight is 407 g/mol. The maximum absolute atomic E-state index is 10.5. The number of hydrogen-bond donors (Lipinski definition) is 7. The van der Waals surface area contributed by atoms with E-state index in [1.807, 2.05) is 0 Å². The van der Waals surface area contributed by atoms with Gasteiger partial charge in [-0.25, -0.2) is 0 Å². The molecule has 0 aromatic rings. The first-order valence-electron chi connectivity index (χ1n) is 3.61. The molecule has 13 nitrogen and oxygen atoms in total. The predicted molar refractivity (Wildman–Crippen MR) is 63.2 cm³/mol. The Morgan fingerprint density at radius 2 is 1.00 bits per heavy atom. The molecule has 0 saturated heterocycles. The molecule has 0 aliphatic carbocycles. The zero-order chi connectivity index (χ0) is 13.2. The molecule has 0 radical (unpaired) electrons. The van der Waals surface area contributed by atoms with Crippen LogP contribution in [0.15, 0.2) is 0 Å². The summed E-state index contributed by atoms with van der Waals surface area (Å²) in [4.78, 5) is 54.9. The largest absolute Gasteiger partial charge is 2.00 e. The van der Waals surface area contributed by atoms with E-state index in [-0.39, 0.29) is 39.8 Å². The van der Waals surface area contributed by atoms with Gasteiger partial charge in [0, 0.05) is 6.29 Å². The van der Waals surface area contributed by atoms with Gasteiger partial charge in [-0.2, -0.15) is 0 Å². The van der Waals surface area contributed by atoms with Crippen molar-refractivity contribution < 1.29 is 59.5 Å². The molecular weight excluding hydrogens is 388 g/mol. The second-order valence-electron chi connectivity index (χ2n) is 3.04. The van der Waals surface area contributed by atoms with Crippen LogP contribution in [-0.4, -0.2) is 43.3 Å². The van der Waals surface area contributed by atoms with E-state index in [0.717, 1.165) is 0 Å². The van der Waals surface area contributed by atoms with Crippen LogP contribution in [0.4, 0.5) is 0 Å². The Bertz CT molecular complexity index is 320. The van der Waals surface area contributed by atoms with Crippen molar-refractivity contribution in [1.29, 1.82) is 0 Å². The van der Waals surface area contributed by atoms with Gasteiger partial charge in [-0.05, 0) is 0 Å². The van der Waals surface area contributed by atoms with Gasteiger partial charge in [-0.1, -0.05) is 7.60 Å². The smallest absolute Gasteiger partial charge is 0.810 e. The van der Waals surface area contributed by atoms with Gasteiger partial charge >= 0.3 is 31.7 Å². The van der Waals surface area contributed by atoms with Gasteiger partial charge in [0.25, 0.3) is 0 Å². The summed E-state index contributed by atoms with van der Waals surface area (Å²) in [6, 6.07) is 0. The summed E-state index contributed by atoms with van der Waals surface area (Å²) in [5.41, 5.74) is 0. The van der Waals surface area contributed by atoms with Crippen molar-refractivity contribution in [2.24, 2.45) is 0 Å². The van der Waals surface area contributed by atoms with Crippen LogP contribution in [0.25, 0.3) is 0 Å². The van der Waals surface area contributed by atoms with Gasteiger partial charge in [0.2, 0.25) is 0 Å². The van der Waals surface area contributed by atoms with Crippen LogP contribution >= 0.6 is 22.8 Å². The van der Waals surface area contributed by atoms with Gasteiger partial charge in [-0.15, -0.1) is 0 Å². The Morgan fingerprint density at radius 3 is 1.15 bits per heavy atom. The van der Waals surface area contributed by atoms with E-state index < -0.39 is 41.6 Å². The minimum Gasteiger partial charge on any atom is -0.810 e. The molecule has 130 valence electrons. The molecule has 0 unspecified atom stereocenters. The Labute approximate surface area is 125 Å². The summed E-state index contributed by atoms with van der Waals surface area (Å²) in [5.74, 6) is 0. The molecule has 0 aliphatic rings. The van der Waals surface area contributed by atoms with E-state index in [9.17, 15) is 23.5 Å². The molecule has 0 amide bonds. The fourth-order valence-electron chi connectivity index (χ4n) is 0.900. The third-order valence-corrected chi connectivity index (χ3v) is 3.42. The normalized spacial score (nSPS) is 11.6. The second kappa shape index (κ2) is 11.4. The molecular formula is C3H19N4NiO9P3. The molecule has 0 saturated carbocycles. The number of hydrogen-bond acceptors (Lipinski definition) is 9. The average Bonchev–Trinajstić information content (AvgIpc) is 1.70. The maximum atomic E-state index is 10.5. The van der Waals surface area contributed by atoms with Crippen LogP contribution in [0.1, 0.15) is 0 Å². The van der Waals surface area contributed by atoms with Crippen LogP contribution < -0.4 is 28.2 Å². The van der Waals surface area contributed by atoms with Gasteiger partial charge in [0.15, 0.2) is 0 Å². The van der Waals surface area contributed by atoms with Crippen molar-refractivity contribution in [3.8, 4) is 0 Å². The fraction of sp³-hybridized carbons (Fsp3) is 1.00. The molecule has 0 spiro atoms. The summed E-state index contributed by atoms with van der Waals surface area (Å²) in [6.07, 6.45) is -3.79. The van der Waals surface area contributed by atoms with Crippen molar-refractivity contribution in [3.63, 3.8) is 0 Å². The predicted octanol–water partition coefficient (Wildman–Crippen LogP) is -2.09. The number of rotatable bonds is 6. The van der Waals surface area contributed by atoms with Crippen molar-refractivity contribution in [3.05, 3.63) is 0 Å². The van der Waals surface area contributed by atoms with Crippen molar-refractivity contribution in [2.75, 3.05) is 18.9 Å². The minimum absolute atomic E-state index is 0. The molecule has 0 heterocycles. The molecule has 20 heavy (non-hydrogen) atoms. The van der Waals surface area contributed by atoms with Gasteiger partial charge < -0.3 is 52.4 Å². The molecule has 13 N–H and O–H groups in total. The molecule has 0 aromatic carbocycles. The Balaban J connectivity index is -0.000000187. The van der Waals surface area contributed by atoms with E-state index in [1.165, 1.54) is 0 Å². The summed E-state index contributed by atoms with van der Waals surface area (Å²) >= 11 is 0. The quantitative estimate of drug-likeness (QED) is 0.184. The summed E-state index contributed by atoms with van der Waals surface area (Å²) in [7, 11) is -14.6. The van der Waals surface area contributed by atoms with E-state index >= 15 is 0 Å². The van der Waals surface area contributed by atoms with Crippen molar-refractivity contribution in [2.45, 2.75) is 0 Å². The summed E-state index contributed by atoms with van der Waals surface area (Å²) in [5, 5.41) is 0. The van der Waals surface area contributed by atoms with E-state index in [0.29, 0.717) is 0 Å². The van der Waals surface area contributed by atoms with Gasteiger partial charge in [0.1, 0.15) is 12.6 Å². The topological polar surface area (TPSA) is 286 Å². The molecule has 0 bridgehead atoms. The first-order valence-corrected chi connectivity index (χ1v) is 8.93. The zero-order valence-corrected chi connectivity index (χ0v) is 13.8. The second-order valence-corrected chi connectivity index (χ2v) is 7.76. The summed E-state index contributed by atoms with van der Waals surface area (Å²) < 4.78 is 31.4. The molecule has 17 heteroatoms. The third-order valence-electron chi connectivity index (χ3n) is 1.14. The standard InChI is InChI=1S/C3H12NO9P3.3H3N.Ni/c5-14(6,7)1-4(2-15(8,9)10)3-16(11,12)13;;;;/h1-3H2,(H2,5,6,7)(H2,8,9,10)(H2,11,12,13);3*1H3;/q;;;;+2/p-2. The first kappa shape index (κ1) is 32.7. The first-order chi connectivity index (χ1) is 6.79. The Morgan fingerprint density at radius 1 is 0.750 bits per heavy atom. The number of nitrogens with zero attached hydrogens (tertiary/aromatic N) is 1. The molecule has 0 atom stereocenters. The van der Waals surface area contributed by atoms with Gasteiger partial charge in [0.05, 0.1) is 0 Å². The molecule has 0 rings (SSSR count). The monoisotopic (exact) mass is 406 g/mol. The Kier molecular flexibility index (Phi) is 18.6. The van der Waals surface area contributed by atoms with Crippen LogP contribution in [0.5, 0.6) is 0 Å². The van der Waals surface area contributed by atoms with E-state index in [4.69, 9.17) is 19.6 Å². The molecule has 0 aromatic heterocycles. The molecule has 0 fully saturated rings. The third kappa shape index (κ3) is 23.8. The molecule has 0 aliphatic heterocycles. The van der Waals surface area contributed by atoms with Crippen molar-refractivity contribution in [1.82, 2.24) is 23.4 Å². The minimum atomic E-state index is -5.15. The Hall–Kier alpha value is 0.784. The van der Waals surface area contributed by atoms with Crippen molar-refractivity contribution >= 4 is 22.8 Å². The SMILES string of the molecule is N.N.N.O=P([O-])([O-])CN(CP(=O)(O)O)CP(=O)(O)O.[Ni+2]. The zero-order valence-electron chi connectivity index (χ0n) is 10.2. The van der Waals surface area contributed by atoms with E-state index in [2.05, 4.69) is 0 Å². The van der Waals surface area contributed by atoms with Crippen LogP contribution in [0, 0.1) is 0 Å². The fourth-order valence-corrected chi connectivity index (χ4v) is 3.51. The van der Waals surface area contributed by atoms with Crippen LogP contribution in [0.2, 0.25) is 0 Å². The summed E-state index contributed by atoms with van der Waals surface area (Å²) in [6.45, 7) is 0. The van der Waals surface area contributed by atoms with Crippen LogP contribution in [-0.2, 0) is 30.2 Å². The van der Waals surface area contributed by atoms with E-state index in [1.54, 1.807) is 0 Å². The van der Waals surface area contributed by atoms with Gasteiger partial charge in [-0.3, -0.25) is 14.0 Å². The maximum Gasteiger partial charge on any atom is 2.00 e. The van der Waals surface area contributed by atoms with Crippen LogP contribution in [0.3, 0.4) is 0 Å².